The maximum atomic E-state index is 12.1. The van der Waals surface area contributed by atoms with Gasteiger partial charge in [0.05, 0.1) is 14.2 Å². The predicted molar refractivity (Wildman–Crippen MR) is 114 cm³/mol. The van der Waals surface area contributed by atoms with E-state index in [2.05, 4.69) is 20.8 Å². The summed E-state index contributed by atoms with van der Waals surface area (Å²) in [5, 5.41) is 9.52. The predicted octanol–water partition coefficient (Wildman–Crippen LogP) is 2.96. The molecule has 0 radical (unpaired) electrons. The number of methoxy groups -OCH3 is 2. The Hall–Kier alpha value is -3.88. The lowest BCUT2D eigenvalue weighted by Crippen LogP contribution is -2.23. The fraction of sp³-hybridized carbons (Fsp3) is 0.273. The van der Waals surface area contributed by atoms with Gasteiger partial charge in [0.2, 0.25) is 23.5 Å². The molecular weight excluding hydrogens is 400 g/mol. The zero-order chi connectivity index (χ0) is 22.2. The number of hydrogen-bond donors (Lipinski definition) is 2. The summed E-state index contributed by atoms with van der Waals surface area (Å²) >= 11 is 0. The van der Waals surface area contributed by atoms with Crippen LogP contribution in [0.25, 0.3) is 11.4 Å². The van der Waals surface area contributed by atoms with Crippen molar-refractivity contribution in [3.05, 3.63) is 53.9 Å². The molecule has 0 aliphatic heterocycles. The van der Waals surface area contributed by atoms with Gasteiger partial charge >= 0.3 is 0 Å². The van der Waals surface area contributed by atoms with E-state index in [0.717, 1.165) is 11.1 Å². The SMILES string of the molecule is COc1ccc(-c2noc(CCC(=O)NCc3ccc(NC(C)=O)cc3)n2)cc1OC. The molecule has 3 aromatic rings. The molecule has 0 atom stereocenters. The van der Waals surface area contributed by atoms with Crippen molar-refractivity contribution in [3.8, 4) is 22.9 Å². The van der Waals surface area contributed by atoms with E-state index < -0.39 is 0 Å². The van der Waals surface area contributed by atoms with Crippen LogP contribution in [0.15, 0.2) is 47.0 Å². The number of nitrogens with zero attached hydrogens (tertiary/aromatic N) is 2. The van der Waals surface area contributed by atoms with Gasteiger partial charge in [0.25, 0.3) is 0 Å². The van der Waals surface area contributed by atoms with Gasteiger partial charge in [0.15, 0.2) is 11.5 Å². The summed E-state index contributed by atoms with van der Waals surface area (Å²) in [7, 11) is 3.12. The highest BCUT2D eigenvalue weighted by atomic mass is 16.5. The van der Waals surface area contributed by atoms with Crippen molar-refractivity contribution >= 4 is 17.5 Å². The molecule has 2 aromatic carbocycles. The molecule has 2 amide bonds. The third-order valence-electron chi connectivity index (χ3n) is 4.44. The molecular formula is C22H24N4O5. The molecule has 1 heterocycles. The second kappa shape index (κ2) is 10.2. The van der Waals surface area contributed by atoms with Crippen molar-refractivity contribution in [2.45, 2.75) is 26.3 Å². The molecule has 3 rings (SSSR count). The number of nitrogens with one attached hydrogen (secondary N) is 2. The van der Waals surface area contributed by atoms with Gasteiger partial charge in [0.1, 0.15) is 0 Å². The first-order chi connectivity index (χ1) is 15.0. The van der Waals surface area contributed by atoms with Gasteiger partial charge in [0, 0.05) is 37.6 Å². The van der Waals surface area contributed by atoms with Crippen molar-refractivity contribution in [1.82, 2.24) is 15.5 Å². The summed E-state index contributed by atoms with van der Waals surface area (Å²) in [4.78, 5) is 27.5. The average molecular weight is 424 g/mol. The zero-order valence-corrected chi connectivity index (χ0v) is 17.6. The summed E-state index contributed by atoms with van der Waals surface area (Å²) in [5.74, 6) is 1.70. The molecule has 1 aromatic heterocycles. The molecule has 0 fully saturated rings. The fourth-order valence-electron chi connectivity index (χ4n) is 2.87. The zero-order valence-electron chi connectivity index (χ0n) is 17.6. The van der Waals surface area contributed by atoms with Gasteiger partial charge in [-0.3, -0.25) is 9.59 Å². The van der Waals surface area contributed by atoms with Gasteiger partial charge in [-0.25, -0.2) is 0 Å². The third-order valence-corrected chi connectivity index (χ3v) is 4.44. The topological polar surface area (TPSA) is 116 Å². The second-order valence-electron chi connectivity index (χ2n) is 6.74. The number of aryl methyl sites for hydroxylation is 1. The summed E-state index contributed by atoms with van der Waals surface area (Å²) in [6, 6.07) is 12.6. The highest BCUT2D eigenvalue weighted by Gasteiger charge is 2.13. The second-order valence-corrected chi connectivity index (χ2v) is 6.74. The number of aromatic nitrogens is 2. The number of rotatable bonds is 9. The molecule has 0 bridgehead atoms. The minimum atomic E-state index is -0.128. The first-order valence-corrected chi connectivity index (χ1v) is 9.66. The Morgan fingerprint density at radius 2 is 1.77 bits per heavy atom. The van der Waals surface area contributed by atoms with E-state index in [4.69, 9.17) is 14.0 Å². The van der Waals surface area contributed by atoms with Gasteiger partial charge in [-0.15, -0.1) is 0 Å². The molecule has 9 nitrogen and oxygen atoms in total. The Morgan fingerprint density at radius 3 is 2.45 bits per heavy atom. The normalized spacial score (nSPS) is 10.4. The van der Waals surface area contributed by atoms with Crippen LogP contribution in [0.4, 0.5) is 5.69 Å². The van der Waals surface area contributed by atoms with Crippen LogP contribution in [0, 0.1) is 0 Å². The highest BCUT2D eigenvalue weighted by Crippen LogP contribution is 2.31. The van der Waals surface area contributed by atoms with Crippen molar-refractivity contribution in [2.24, 2.45) is 0 Å². The highest BCUT2D eigenvalue weighted by molar-refractivity contribution is 5.88. The van der Waals surface area contributed by atoms with Gasteiger partial charge in [-0.2, -0.15) is 4.98 Å². The van der Waals surface area contributed by atoms with E-state index in [0.29, 0.717) is 41.9 Å². The largest absolute Gasteiger partial charge is 0.493 e. The number of benzene rings is 2. The van der Waals surface area contributed by atoms with E-state index in [-0.39, 0.29) is 18.2 Å². The lowest BCUT2D eigenvalue weighted by Gasteiger charge is -2.07. The molecule has 31 heavy (non-hydrogen) atoms. The van der Waals surface area contributed by atoms with Crippen LogP contribution in [0.5, 0.6) is 11.5 Å². The average Bonchev–Trinajstić information content (AvgIpc) is 3.25. The van der Waals surface area contributed by atoms with Crippen LogP contribution in [0.1, 0.15) is 24.8 Å². The Morgan fingerprint density at radius 1 is 1.03 bits per heavy atom. The molecule has 0 unspecified atom stereocenters. The maximum absolute atomic E-state index is 12.1. The first-order valence-electron chi connectivity index (χ1n) is 9.66. The van der Waals surface area contributed by atoms with Crippen molar-refractivity contribution in [2.75, 3.05) is 19.5 Å². The Bertz CT molecular complexity index is 1050. The van der Waals surface area contributed by atoms with E-state index in [1.54, 1.807) is 44.6 Å². The monoisotopic (exact) mass is 424 g/mol. The smallest absolute Gasteiger partial charge is 0.227 e. The maximum Gasteiger partial charge on any atom is 0.227 e. The van der Waals surface area contributed by atoms with Crippen LogP contribution in [-0.4, -0.2) is 36.2 Å². The minimum Gasteiger partial charge on any atom is -0.493 e. The van der Waals surface area contributed by atoms with Gasteiger partial charge in [-0.1, -0.05) is 17.3 Å². The van der Waals surface area contributed by atoms with Crippen molar-refractivity contribution < 1.29 is 23.6 Å². The lowest BCUT2D eigenvalue weighted by molar-refractivity contribution is -0.121. The third kappa shape index (κ3) is 6.05. The van der Waals surface area contributed by atoms with Crippen LogP contribution in [0.2, 0.25) is 0 Å². The lowest BCUT2D eigenvalue weighted by atomic mass is 10.2. The van der Waals surface area contributed by atoms with Crippen LogP contribution < -0.4 is 20.1 Å². The summed E-state index contributed by atoms with van der Waals surface area (Å²) in [6.07, 6.45) is 0.547. The van der Waals surface area contributed by atoms with E-state index in [1.165, 1.54) is 6.92 Å². The Kier molecular flexibility index (Phi) is 7.21. The molecule has 0 saturated carbocycles. The minimum absolute atomic E-state index is 0.128. The first kappa shape index (κ1) is 21.8. The summed E-state index contributed by atoms with van der Waals surface area (Å²) in [5.41, 5.74) is 2.36. The van der Waals surface area contributed by atoms with Gasteiger partial charge in [-0.05, 0) is 35.9 Å². The number of hydrogen-bond acceptors (Lipinski definition) is 7. The number of carbonyl (C=O) groups is 2. The fourth-order valence-corrected chi connectivity index (χ4v) is 2.87. The summed E-state index contributed by atoms with van der Waals surface area (Å²) < 4.78 is 15.8. The molecule has 0 spiro atoms. The Balaban J connectivity index is 1.50. The number of amides is 2. The van der Waals surface area contributed by atoms with Crippen LogP contribution >= 0.6 is 0 Å². The molecule has 0 saturated heterocycles. The number of ether oxygens (including phenoxy) is 2. The van der Waals surface area contributed by atoms with E-state index >= 15 is 0 Å². The van der Waals surface area contributed by atoms with E-state index in [9.17, 15) is 9.59 Å². The molecule has 2 N–H and O–H groups in total. The number of carbonyl (C=O) groups excluding carboxylic acids is 2. The molecule has 162 valence electrons. The van der Waals surface area contributed by atoms with Crippen molar-refractivity contribution in [3.63, 3.8) is 0 Å². The van der Waals surface area contributed by atoms with E-state index in [1.807, 2.05) is 12.1 Å². The molecule has 0 aliphatic carbocycles. The van der Waals surface area contributed by atoms with Crippen LogP contribution in [-0.2, 0) is 22.6 Å². The quantitative estimate of drug-likeness (QED) is 0.542. The van der Waals surface area contributed by atoms with Crippen LogP contribution in [0.3, 0.4) is 0 Å². The molecule has 0 aliphatic rings. The standard InChI is InChI=1S/C22H24N4O5/c1-14(27)24-17-7-4-15(5-8-17)13-23-20(28)10-11-21-25-22(26-31-21)16-6-9-18(29-2)19(12-16)30-3/h4-9,12H,10-11,13H2,1-3H3,(H,23,28)(H,24,27). The van der Waals surface area contributed by atoms with Crippen molar-refractivity contribution in [1.29, 1.82) is 0 Å². The number of anilines is 1. The summed E-state index contributed by atoms with van der Waals surface area (Å²) in [6.45, 7) is 1.84. The van der Waals surface area contributed by atoms with Gasteiger partial charge < -0.3 is 24.6 Å². The molecule has 9 heteroatoms. The Labute approximate surface area is 179 Å².